The highest BCUT2D eigenvalue weighted by Crippen LogP contribution is 2.05. The number of alkyl halides is 1. The van der Waals surface area contributed by atoms with E-state index in [0.29, 0.717) is 12.5 Å². The first-order valence-corrected chi connectivity index (χ1v) is 3.95. The van der Waals surface area contributed by atoms with Gasteiger partial charge in [-0.15, -0.1) is 0 Å². The normalized spacial score (nSPS) is 13.5. The first-order valence-electron chi connectivity index (χ1n) is 3.95. The molecule has 0 rings (SSSR count). The third-order valence-corrected chi connectivity index (χ3v) is 1.67. The number of ether oxygens (including phenoxy) is 1. The predicted octanol–water partition coefficient (Wildman–Crippen LogP) is 2.41. The molecule has 0 aliphatic carbocycles. The number of halogens is 1. The molecule has 0 unspecified atom stereocenters. The molecular weight excluding hydrogens is 131 g/mol. The van der Waals surface area contributed by atoms with Crippen LogP contribution in [0.4, 0.5) is 4.39 Å². The van der Waals surface area contributed by atoms with Crippen molar-refractivity contribution >= 4 is 0 Å². The van der Waals surface area contributed by atoms with Gasteiger partial charge in [-0.05, 0) is 12.3 Å². The summed E-state index contributed by atoms with van der Waals surface area (Å²) in [6.45, 7) is 4.94. The average molecular weight is 148 g/mol. The maximum Gasteiger partial charge on any atom is 0.113 e. The Morgan fingerprint density at radius 3 is 2.60 bits per heavy atom. The molecule has 1 atom stereocenters. The van der Waals surface area contributed by atoms with E-state index in [9.17, 15) is 4.39 Å². The van der Waals surface area contributed by atoms with Crippen LogP contribution in [0.15, 0.2) is 0 Å². The van der Waals surface area contributed by atoms with Crippen molar-refractivity contribution < 1.29 is 9.13 Å². The van der Waals surface area contributed by atoms with Crippen molar-refractivity contribution in [1.29, 1.82) is 0 Å². The highest BCUT2D eigenvalue weighted by Gasteiger charge is 1.96. The van der Waals surface area contributed by atoms with Gasteiger partial charge in [0.25, 0.3) is 0 Å². The van der Waals surface area contributed by atoms with Gasteiger partial charge in [-0.1, -0.05) is 20.3 Å². The standard InChI is InChI=1S/C8H17FO/c1-3-8(2)4-6-10-7-5-9/h8H,3-7H2,1-2H3/t8-/m1/s1. The lowest BCUT2D eigenvalue weighted by Crippen LogP contribution is -2.02. The van der Waals surface area contributed by atoms with Gasteiger partial charge in [0.2, 0.25) is 0 Å². The van der Waals surface area contributed by atoms with Gasteiger partial charge in [-0.2, -0.15) is 0 Å². The Balaban J connectivity index is 2.89. The van der Waals surface area contributed by atoms with Crippen molar-refractivity contribution in [2.45, 2.75) is 26.7 Å². The van der Waals surface area contributed by atoms with Crippen LogP contribution in [0.2, 0.25) is 0 Å². The molecule has 0 saturated heterocycles. The summed E-state index contributed by atoms with van der Waals surface area (Å²) in [6, 6.07) is 0. The summed E-state index contributed by atoms with van der Waals surface area (Å²) in [7, 11) is 0. The lowest BCUT2D eigenvalue weighted by molar-refractivity contribution is 0.108. The highest BCUT2D eigenvalue weighted by molar-refractivity contribution is 4.47. The Hall–Kier alpha value is -0.110. The molecule has 0 N–H and O–H groups in total. The minimum atomic E-state index is -0.361. The average Bonchev–Trinajstić information content (AvgIpc) is 1.98. The van der Waals surface area contributed by atoms with Crippen LogP contribution in [0, 0.1) is 5.92 Å². The van der Waals surface area contributed by atoms with E-state index in [1.54, 1.807) is 0 Å². The zero-order valence-corrected chi connectivity index (χ0v) is 6.90. The van der Waals surface area contributed by atoms with E-state index in [2.05, 4.69) is 13.8 Å². The third-order valence-electron chi connectivity index (χ3n) is 1.67. The smallest absolute Gasteiger partial charge is 0.113 e. The van der Waals surface area contributed by atoms with Gasteiger partial charge >= 0.3 is 0 Å². The Labute approximate surface area is 62.6 Å². The monoisotopic (exact) mass is 148 g/mol. The summed E-state index contributed by atoms with van der Waals surface area (Å²) in [4.78, 5) is 0. The number of hydrogen-bond donors (Lipinski definition) is 0. The van der Waals surface area contributed by atoms with Crippen LogP contribution in [-0.4, -0.2) is 19.9 Å². The van der Waals surface area contributed by atoms with Crippen molar-refractivity contribution in [3.8, 4) is 0 Å². The molecule has 0 heterocycles. The molecule has 10 heavy (non-hydrogen) atoms. The molecule has 0 aromatic heterocycles. The van der Waals surface area contributed by atoms with E-state index in [-0.39, 0.29) is 13.3 Å². The quantitative estimate of drug-likeness (QED) is 0.525. The third kappa shape index (κ3) is 6.02. The van der Waals surface area contributed by atoms with Crippen molar-refractivity contribution in [1.82, 2.24) is 0 Å². The van der Waals surface area contributed by atoms with E-state index >= 15 is 0 Å². The zero-order valence-electron chi connectivity index (χ0n) is 6.90. The van der Waals surface area contributed by atoms with Crippen molar-refractivity contribution in [2.24, 2.45) is 5.92 Å². The lowest BCUT2D eigenvalue weighted by Gasteiger charge is -2.06. The Morgan fingerprint density at radius 1 is 1.40 bits per heavy atom. The van der Waals surface area contributed by atoms with E-state index in [1.807, 2.05) is 0 Å². The van der Waals surface area contributed by atoms with Crippen LogP contribution in [-0.2, 0) is 4.74 Å². The minimum Gasteiger partial charge on any atom is -0.379 e. The summed E-state index contributed by atoms with van der Waals surface area (Å²) in [5.74, 6) is 0.708. The molecule has 1 nitrogen and oxygen atoms in total. The summed E-state index contributed by atoms with van der Waals surface area (Å²) in [5.41, 5.74) is 0. The van der Waals surface area contributed by atoms with Gasteiger partial charge in [0.05, 0.1) is 6.61 Å². The van der Waals surface area contributed by atoms with E-state index < -0.39 is 0 Å². The van der Waals surface area contributed by atoms with Crippen molar-refractivity contribution in [2.75, 3.05) is 19.9 Å². The molecule has 0 bridgehead atoms. The fourth-order valence-corrected chi connectivity index (χ4v) is 0.645. The minimum absolute atomic E-state index is 0.260. The molecule has 0 fully saturated rings. The van der Waals surface area contributed by atoms with Gasteiger partial charge < -0.3 is 4.74 Å². The van der Waals surface area contributed by atoms with E-state index in [1.165, 1.54) is 6.42 Å². The van der Waals surface area contributed by atoms with Gasteiger partial charge in [-0.25, -0.2) is 4.39 Å². The molecule has 62 valence electrons. The molecule has 0 spiro atoms. The number of hydrogen-bond acceptors (Lipinski definition) is 1. The second kappa shape index (κ2) is 7.00. The lowest BCUT2D eigenvalue weighted by atomic mass is 10.1. The highest BCUT2D eigenvalue weighted by atomic mass is 19.1. The van der Waals surface area contributed by atoms with Crippen LogP contribution in [0.3, 0.4) is 0 Å². The van der Waals surface area contributed by atoms with Gasteiger partial charge in [-0.3, -0.25) is 0 Å². The first-order chi connectivity index (χ1) is 4.81. The molecule has 0 saturated carbocycles. The first kappa shape index (κ1) is 9.89. The van der Waals surface area contributed by atoms with Gasteiger partial charge in [0.1, 0.15) is 6.67 Å². The predicted molar refractivity (Wildman–Crippen MR) is 40.9 cm³/mol. The fourth-order valence-electron chi connectivity index (χ4n) is 0.645. The molecule has 0 aliphatic rings. The van der Waals surface area contributed by atoms with Crippen molar-refractivity contribution in [3.63, 3.8) is 0 Å². The maximum absolute atomic E-state index is 11.5. The Kier molecular flexibility index (Phi) is 6.93. The molecule has 0 aliphatic heterocycles. The van der Waals surface area contributed by atoms with Crippen LogP contribution in [0.1, 0.15) is 26.7 Å². The molecule has 0 radical (unpaired) electrons. The van der Waals surface area contributed by atoms with Gasteiger partial charge in [0.15, 0.2) is 0 Å². The van der Waals surface area contributed by atoms with Crippen molar-refractivity contribution in [3.05, 3.63) is 0 Å². The second-order valence-electron chi connectivity index (χ2n) is 2.60. The second-order valence-corrected chi connectivity index (χ2v) is 2.60. The van der Waals surface area contributed by atoms with E-state index in [4.69, 9.17) is 4.74 Å². The fraction of sp³-hybridized carbons (Fsp3) is 1.00. The zero-order chi connectivity index (χ0) is 7.82. The van der Waals surface area contributed by atoms with Gasteiger partial charge in [0, 0.05) is 6.61 Å². The van der Waals surface area contributed by atoms with Crippen LogP contribution in [0.5, 0.6) is 0 Å². The Bertz CT molecular complexity index is 66.3. The number of rotatable bonds is 6. The van der Waals surface area contributed by atoms with Crippen LogP contribution >= 0.6 is 0 Å². The molecule has 2 heteroatoms. The van der Waals surface area contributed by atoms with Crippen LogP contribution in [0.25, 0.3) is 0 Å². The van der Waals surface area contributed by atoms with Crippen LogP contribution < -0.4 is 0 Å². The largest absolute Gasteiger partial charge is 0.379 e. The Morgan fingerprint density at radius 2 is 2.10 bits per heavy atom. The molecule has 0 amide bonds. The summed E-state index contributed by atoms with van der Waals surface area (Å²) in [5, 5.41) is 0. The molecule has 0 aromatic carbocycles. The van der Waals surface area contributed by atoms with E-state index in [0.717, 1.165) is 6.42 Å². The molecule has 0 aromatic rings. The SMILES string of the molecule is CC[C@@H](C)CCOCCF. The molecular formula is C8H17FO. The topological polar surface area (TPSA) is 9.23 Å². The maximum atomic E-state index is 11.5. The summed E-state index contributed by atoms with van der Waals surface area (Å²) >= 11 is 0. The summed E-state index contributed by atoms with van der Waals surface area (Å²) in [6.07, 6.45) is 2.23. The summed E-state index contributed by atoms with van der Waals surface area (Å²) < 4.78 is 16.5.